The average molecular weight is 264 g/mol. The first kappa shape index (κ1) is 13.9. The summed E-state index contributed by atoms with van der Waals surface area (Å²) >= 11 is 2.06. The van der Waals surface area contributed by atoms with Crippen molar-refractivity contribution >= 4 is 11.8 Å². The molecule has 1 unspecified atom stereocenters. The van der Waals surface area contributed by atoms with Gasteiger partial charge in [-0.25, -0.2) is 0 Å². The summed E-state index contributed by atoms with van der Waals surface area (Å²) in [5.41, 5.74) is 7.72. The van der Waals surface area contributed by atoms with Gasteiger partial charge in [-0.05, 0) is 30.7 Å². The van der Waals surface area contributed by atoms with Crippen LogP contribution in [0.1, 0.15) is 25.3 Å². The molecular weight excluding hydrogens is 240 g/mol. The van der Waals surface area contributed by atoms with Crippen LogP contribution in [0.4, 0.5) is 0 Å². The standard InChI is InChI=1S/C15H24N2S/c1-2-17(11-14-7-4-3-5-8-14)15(12-16)9-6-10-18-13-15/h3-5,7-8H,2,6,9-13,16H2,1H3. The average Bonchev–Trinajstić information content (AvgIpc) is 2.46. The van der Waals surface area contributed by atoms with E-state index in [-0.39, 0.29) is 5.54 Å². The third-order valence-electron chi connectivity index (χ3n) is 3.95. The monoisotopic (exact) mass is 264 g/mol. The van der Waals surface area contributed by atoms with Crippen molar-refractivity contribution < 1.29 is 0 Å². The molecule has 3 heteroatoms. The van der Waals surface area contributed by atoms with Crippen molar-refractivity contribution in [3.05, 3.63) is 35.9 Å². The molecule has 1 fully saturated rings. The van der Waals surface area contributed by atoms with Crippen molar-refractivity contribution in [3.63, 3.8) is 0 Å². The Bertz CT molecular complexity index is 347. The lowest BCUT2D eigenvalue weighted by molar-refractivity contribution is 0.101. The van der Waals surface area contributed by atoms with Crippen molar-refractivity contribution in [1.29, 1.82) is 0 Å². The lowest BCUT2D eigenvalue weighted by Crippen LogP contribution is -2.56. The summed E-state index contributed by atoms with van der Waals surface area (Å²) in [5.74, 6) is 2.48. The Morgan fingerprint density at radius 3 is 2.67 bits per heavy atom. The minimum atomic E-state index is 0.216. The maximum Gasteiger partial charge on any atom is 0.0425 e. The molecule has 1 aliphatic rings. The zero-order valence-electron chi connectivity index (χ0n) is 11.3. The summed E-state index contributed by atoms with van der Waals surface area (Å²) in [6.07, 6.45) is 2.55. The summed E-state index contributed by atoms with van der Waals surface area (Å²) < 4.78 is 0. The van der Waals surface area contributed by atoms with Crippen LogP contribution >= 0.6 is 11.8 Å². The summed E-state index contributed by atoms with van der Waals surface area (Å²) in [5, 5.41) is 0. The van der Waals surface area contributed by atoms with Crippen LogP contribution in [-0.4, -0.2) is 35.0 Å². The van der Waals surface area contributed by atoms with Crippen molar-refractivity contribution in [2.45, 2.75) is 31.8 Å². The van der Waals surface area contributed by atoms with Crippen LogP contribution < -0.4 is 5.73 Å². The molecule has 100 valence electrons. The maximum atomic E-state index is 6.11. The van der Waals surface area contributed by atoms with E-state index in [1.54, 1.807) is 0 Å². The molecule has 2 rings (SSSR count). The Balaban J connectivity index is 2.11. The van der Waals surface area contributed by atoms with Crippen molar-refractivity contribution in [1.82, 2.24) is 4.90 Å². The molecule has 1 aliphatic heterocycles. The second-order valence-corrected chi connectivity index (χ2v) is 6.19. The number of hydrogen-bond acceptors (Lipinski definition) is 3. The highest BCUT2D eigenvalue weighted by Gasteiger charge is 2.36. The minimum absolute atomic E-state index is 0.216. The van der Waals surface area contributed by atoms with E-state index in [4.69, 9.17) is 5.73 Å². The van der Waals surface area contributed by atoms with Crippen LogP contribution in [0.15, 0.2) is 30.3 Å². The van der Waals surface area contributed by atoms with E-state index in [1.165, 1.54) is 29.9 Å². The van der Waals surface area contributed by atoms with Gasteiger partial charge in [0.1, 0.15) is 0 Å². The van der Waals surface area contributed by atoms with E-state index < -0.39 is 0 Å². The van der Waals surface area contributed by atoms with Crippen LogP contribution in [-0.2, 0) is 6.54 Å². The smallest absolute Gasteiger partial charge is 0.0425 e. The molecule has 0 amide bonds. The van der Waals surface area contributed by atoms with Gasteiger partial charge in [0.15, 0.2) is 0 Å². The Kier molecular flexibility index (Phi) is 5.10. The van der Waals surface area contributed by atoms with Gasteiger partial charge in [0.2, 0.25) is 0 Å². The molecule has 1 atom stereocenters. The predicted molar refractivity (Wildman–Crippen MR) is 80.9 cm³/mol. The van der Waals surface area contributed by atoms with E-state index >= 15 is 0 Å². The highest BCUT2D eigenvalue weighted by Crippen LogP contribution is 2.32. The molecule has 0 spiro atoms. The van der Waals surface area contributed by atoms with E-state index in [9.17, 15) is 0 Å². The SMILES string of the molecule is CCN(Cc1ccccc1)C1(CN)CCCSC1. The summed E-state index contributed by atoms with van der Waals surface area (Å²) in [7, 11) is 0. The van der Waals surface area contributed by atoms with Gasteiger partial charge in [-0.3, -0.25) is 4.90 Å². The zero-order valence-corrected chi connectivity index (χ0v) is 12.1. The van der Waals surface area contributed by atoms with Crippen LogP contribution in [0, 0.1) is 0 Å². The Hall–Kier alpha value is -0.510. The van der Waals surface area contributed by atoms with Gasteiger partial charge in [-0.15, -0.1) is 0 Å². The summed E-state index contributed by atoms with van der Waals surface area (Å²) in [4.78, 5) is 2.58. The van der Waals surface area contributed by atoms with Gasteiger partial charge in [0.25, 0.3) is 0 Å². The molecule has 0 radical (unpaired) electrons. The lowest BCUT2D eigenvalue weighted by Gasteiger charge is -2.45. The highest BCUT2D eigenvalue weighted by atomic mass is 32.2. The predicted octanol–water partition coefficient (Wildman–Crippen LogP) is 2.73. The lowest BCUT2D eigenvalue weighted by atomic mass is 9.92. The Labute approximate surface area is 115 Å². The second kappa shape index (κ2) is 6.60. The van der Waals surface area contributed by atoms with Crippen LogP contribution in [0.25, 0.3) is 0 Å². The van der Waals surface area contributed by atoms with Crippen molar-refractivity contribution in [3.8, 4) is 0 Å². The van der Waals surface area contributed by atoms with E-state index in [2.05, 4.69) is 53.9 Å². The third-order valence-corrected chi connectivity index (χ3v) is 5.27. The van der Waals surface area contributed by atoms with Crippen LogP contribution in [0.2, 0.25) is 0 Å². The summed E-state index contributed by atoms with van der Waals surface area (Å²) in [6, 6.07) is 10.7. The zero-order chi connectivity index (χ0) is 12.8. The van der Waals surface area contributed by atoms with Gasteiger partial charge >= 0.3 is 0 Å². The quantitative estimate of drug-likeness (QED) is 0.886. The molecule has 0 aromatic heterocycles. The van der Waals surface area contributed by atoms with Crippen LogP contribution in [0.3, 0.4) is 0 Å². The first-order chi connectivity index (χ1) is 8.80. The molecule has 1 saturated heterocycles. The summed E-state index contributed by atoms with van der Waals surface area (Å²) in [6.45, 7) is 5.13. The molecule has 1 aromatic carbocycles. The first-order valence-electron chi connectivity index (χ1n) is 6.87. The second-order valence-electron chi connectivity index (χ2n) is 5.08. The van der Waals surface area contributed by atoms with Crippen molar-refractivity contribution in [2.24, 2.45) is 5.73 Å². The number of benzene rings is 1. The molecule has 1 heterocycles. The molecular formula is C15H24N2S. The number of nitrogens with zero attached hydrogens (tertiary/aromatic N) is 1. The molecule has 1 aromatic rings. The van der Waals surface area contributed by atoms with Gasteiger partial charge in [0, 0.05) is 24.4 Å². The molecule has 18 heavy (non-hydrogen) atoms. The largest absolute Gasteiger partial charge is 0.329 e. The number of nitrogens with two attached hydrogens (primary N) is 1. The topological polar surface area (TPSA) is 29.3 Å². The normalized spacial score (nSPS) is 24.4. The van der Waals surface area contributed by atoms with Gasteiger partial charge in [-0.2, -0.15) is 11.8 Å². The minimum Gasteiger partial charge on any atom is -0.329 e. The van der Waals surface area contributed by atoms with Crippen LogP contribution in [0.5, 0.6) is 0 Å². The fraction of sp³-hybridized carbons (Fsp3) is 0.600. The number of rotatable bonds is 5. The van der Waals surface area contributed by atoms with Gasteiger partial charge < -0.3 is 5.73 Å². The molecule has 0 saturated carbocycles. The number of hydrogen-bond donors (Lipinski definition) is 1. The first-order valence-corrected chi connectivity index (χ1v) is 8.03. The molecule has 2 N–H and O–H groups in total. The third kappa shape index (κ3) is 3.08. The molecule has 0 aliphatic carbocycles. The number of thioether (sulfide) groups is 1. The number of likely N-dealkylation sites (N-methyl/N-ethyl adjacent to an activating group) is 1. The van der Waals surface area contributed by atoms with Gasteiger partial charge in [0.05, 0.1) is 0 Å². The molecule has 0 bridgehead atoms. The maximum absolute atomic E-state index is 6.11. The van der Waals surface area contributed by atoms with E-state index in [0.29, 0.717) is 0 Å². The Morgan fingerprint density at radius 2 is 2.11 bits per heavy atom. The van der Waals surface area contributed by atoms with Gasteiger partial charge in [-0.1, -0.05) is 37.3 Å². The van der Waals surface area contributed by atoms with E-state index in [1.807, 2.05) is 0 Å². The Morgan fingerprint density at radius 1 is 1.33 bits per heavy atom. The van der Waals surface area contributed by atoms with E-state index in [0.717, 1.165) is 19.6 Å². The fourth-order valence-electron chi connectivity index (χ4n) is 2.80. The molecule has 2 nitrogen and oxygen atoms in total. The van der Waals surface area contributed by atoms with Crippen molar-refractivity contribution in [2.75, 3.05) is 24.6 Å². The highest BCUT2D eigenvalue weighted by molar-refractivity contribution is 7.99. The fourth-order valence-corrected chi connectivity index (χ4v) is 4.11.